The summed E-state index contributed by atoms with van der Waals surface area (Å²) < 4.78 is 0. The highest BCUT2D eigenvalue weighted by Gasteiger charge is 2.10. The average molecular weight is 202 g/mol. The summed E-state index contributed by atoms with van der Waals surface area (Å²) in [6, 6.07) is 1.99. The smallest absolute Gasteiger partial charge is 0.101 e. The summed E-state index contributed by atoms with van der Waals surface area (Å²) in [6.07, 6.45) is 1.78. The normalized spacial score (nSPS) is 11.9. The molecule has 0 unspecified atom stereocenters. The first-order chi connectivity index (χ1) is 5.58. The fourth-order valence-electron chi connectivity index (χ4n) is 0.559. The monoisotopic (exact) mass is 202 g/mol. The Morgan fingerprint density at radius 3 is 2.75 bits per heavy atom. The first-order valence-corrected chi connectivity index (χ1v) is 6.19. The fraction of sp³-hybridized carbons (Fsp3) is 0.625. The first kappa shape index (κ1) is 9.99. The SMILES string of the molecule is CC(C)(C)CSSc1ccn[nH]1. The summed E-state index contributed by atoms with van der Waals surface area (Å²) in [5.74, 6) is 1.15. The number of H-pyrrole nitrogens is 1. The van der Waals surface area contributed by atoms with Crippen molar-refractivity contribution < 1.29 is 0 Å². The lowest BCUT2D eigenvalue weighted by Crippen LogP contribution is -2.06. The minimum Gasteiger partial charge on any atom is -0.271 e. The van der Waals surface area contributed by atoms with Gasteiger partial charge in [0.2, 0.25) is 0 Å². The van der Waals surface area contributed by atoms with Crippen molar-refractivity contribution in [2.45, 2.75) is 25.8 Å². The highest BCUT2D eigenvalue weighted by Crippen LogP contribution is 2.33. The van der Waals surface area contributed by atoms with Gasteiger partial charge >= 0.3 is 0 Å². The quantitative estimate of drug-likeness (QED) is 0.763. The van der Waals surface area contributed by atoms with Gasteiger partial charge in [0.25, 0.3) is 0 Å². The predicted molar refractivity (Wildman–Crippen MR) is 56.4 cm³/mol. The standard InChI is InChI=1S/C8H14N2S2/c1-8(2,3)6-11-12-7-4-5-9-10-7/h4-5H,6H2,1-3H3,(H,9,10). The molecule has 0 radical (unpaired) electrons. The maximum absolute atomic E-state index is 3.88. The number of aromatic amines is 1. The third-order valence-corrected chi connectivity index (χ3v) is 3.87. The number of hydrogen-bond acceptors (Lipinski definition) is 3. The van der Waals surface area contributed by atoms with Gasteiger partial charge in [0.15, 0.2) is 0 Å². The molecule has 0 saturated carbocycles. The van der Waals surface area contributed by atoms with Gasteiger partial charge in [-0.2, -0.15) is 5.10 Å². The van der Waals surface area contributed by atoms with Gasteiger partial charge in [0.1, 0.15) is 5.03 Å². The molecule has 0 aliphatic rings. The molecule has 4 heteroatoms. The number of rotatable bonds is 3. The van der Waals surface area contributed by atoms with E-state index in [2.05, 4.69) is 31.0 Å². The Morgan fingerprint density at radius 1 is 1.50 bits per heavy atom. The Labute approximate surface area is 81.3 Å². The van der Waals surface area contributed by atoms with E-state index in [4.69, 9.17) is 0 Å². The maximum Gasteiger partial charge on any atom is 0.101 e. The summed E-state index contributed by atoms with van der Waals surface area (Å²) in [4.78, 5) is 0. The van der Waals surface area contributed by atoms with Crippen LogP contribution >= 0.6 is 21.6 Å². The molecule has 1 aromatic rings. The van der Waals surface area contributed by atoms with Crippen molar-refractivity contribution in [3.63, 3.8) is 0 Å². The zero-order valence-corrected chi connectivity index (χ0v) is 9.26. The minimum absolute atomic E-state index is 0.400. The minimum atomic E-state index is 0.400. The van der Waals surface area contributed by atoms with Gasteiger partial charge in [-0.3, -0.25) is 5.10 Å². The van der Waals surface area contributed by atoms with Gasteiger partial charge in [-0.1, -0.05) is 31.6 Å². The molecule has 12 heavy (non-hydrogen) atoms. The third kappa shape index (κ3) is 4.07. The topological polar surface area (TPSA) is 28.7 Å². The molecule has 0 aromatic carbocycles. The van der Waals surface area contributed by atoms with Crippen molar-refractivity contribution in [1.29, 1.82) is 0 Å². The number of hydrogen-bond donors (Lipinski definition) is 1. The zero-order chi connectivity index (χ0) is 9.03. The summed E-state index contributed by atoms with van der Waals surface area (Å²) in [5.41, 5.74) is 0.400. The van der Waals surface area contributed by atoms with Crippen LogP contribution < -0.4 is 0 Å². The molecule has 0 spiro atoms. The largest absolute Gasteiger partial charge is 0.271 e. The first-order valence-electron chi connectivity index (χ1n) is 3.87. The molecule has 68 valence electrons. The number of aromatic nitrogens is 2. The number of nitrogens with zero attached hydrogens (tertiary/aromatic N) is 1. The second kappa shape index (κ2) is 4.23. The molecule has 1 N–H and O–H groups in total. The van der Waals surface area contributed by atoms with E-state index in [1.54, 1.807) is 17.0 Å². The van der Waals surface area contributed by atoms with Crippen LogP contribution in [0.25, 0.3) is 0 Å². The molecular weight excluding hydrogens is 188 g/mol. The van der Waals surface area contributed by atoms with Gasteiger partial charge in [-0.15, -0.1) is 0 Å². The molecule has 0 bridgehead atoms. The van der Waals surface area contributed by atoms with Gasteiger partial charge < -0.3 is 0 Å². The Hall–Kier alpha value is -0.0900. The molecule has 0 fully saturated rings. The molecule has 1 aromatic heterocycles. The van der Waals surface area contributed by atoms with E-state index >= 15 is 0 Å². The lowest BCUT2D eigenvalue weighted by molar-refractivity contribution is 0.482. The average Bonchev–Trinajstić information content (AvgIpc) is 2.36. The summed E-state index contributed by atoms with van der Waals surface area (Å²) in [7, 11) is 3.62. The molecule has 0 saturated heterocycles. The van der Waals surface area contributed by atoms with E-state index in [0.717, 1.165) is 10.8 Å². The number of nitrogens with one attached hydrogen (secondary N) is 1. The fourth-order valence-corrected chi connectivity index (χ4v) is 3.20. The van der Waals surface area contributed by atoms with Crippen LogP contribution in [0.3, 0.4) is 0 Å². The Morgan fingerprint density at radius 2 is 2.25 bits per heavy atom. The highest BCUT2D eigenvalue weighted by atomic mass is 33.1. The van der Waals surface area contributed by atoms with Gasteiger partial charge in [0, 0.05) is 11.9 Å². The van der Waals surface area contributed by atoms with Crippen LogP contribution in [-0.2, 0) is 0 Å². The highest BCUT2D eigenvalue weighted by molar-refractivity contribution is 8.76. The molecular formula is C8H14N2S2. The van der Waals surface area contributed by atoms with Crippen molar-refractivity contribution in [2.24, 2.45) is 5.41 Å². The van der Waals surface area contributed by atoms with E-state index in [1.165, 1.54) is 0 Å². The van der Waals surface area contributed by atoms with Crippen molar-refractivity contribution >= 4 is 21.6 Å². The summed E-state index contributed by atoms with van der Waals surface area (Å²) >= 11 is 0. The van der Waals surface area contributed by atoms with E-state index in [1.807, 2.05) is 16.9 Å². The van der Waals surface area contributed by atoms with E-state index in [0.29, 0.717) is 5.41 Å². The van der Waals surface area contributed by atoms with Crippen molar-refractivity contribution in [2.75, 3.05) is 5.75 Å². The second-order valence-corrected chi connectivity index (χ2v) is 6.17. The van der Waals surface area contributed by atoms with Gasteiger partial charge in [-0.05, 0) is 22.3 Å². The van der Waals surface area contributed by atoms with Crippen LogP contribution in [0.5, 0.6) is 0 Å². The van der Waals surface area contributed by atoms with Crippen molar-refractivity contribution in [1.82, 2.24) is 10.2 Å². The molecule has 0 atom stereocenters. The van der Waals surface area contributed by atoms with Crippen LogP contribution in [0.2, 0.25) is 0 Å². The Bertz CT molecular complexity index is 213. The zero-order valence-electron chi connectivity index (χ0n) is 7.63. The van der Waals surface area contributed by atoms with E-state index in [-0.39, 0.29) is 0 Å². The van der Waals surface area contributed by atoms with Crippen LogP contribution in [0.1, 0.15) is 20.8 Å². The van der Waals surface area contributed by atoms with Crippen molar-refractivity contribution in [3.8, 4) is 0 Å². The Balaban J connectivity index is 2.20. The lowest BCUT2D eigenvalue weighted by Gasteiger charge is -2.15. The molecule has 0 amide bonds. The maximum atomic E-state index is 3.88. The lowest BCUT2D eigenvalue weighted by atomic mass is 10.0. The molecule has 1 rings (SSSR count). The van der Waals surface area contributed by atoms with Gasteiger partial charge in [-0.25, -0.2) is 0 Å². The molecule has 0 aliphatic heterocycles. The van der Waals surface area contributed by atoms with Crippen molar-refractivity contribution in [3.05, 3.63) is 12.3 Å². The summed E-state index contributed by atoms with van der Waals surface area (Å²) in [5, 5.41) is 7.92. The predicted octanol–water partition coefficient (Wildman–Crippen LogP) is 3.20. The molecule has 0 aliphatic carbocycles. The summed E-state index contributed by atoms with van der Waals surface area (Å²) in [6.45, 7) is 6.73. The van der Waals surface area contributed by atoms with Crippen LogP contribution in [0, 0.1) is 5.41 Å². The second-order valence-electron chi connectivity index (χ2n) is 3.83. The van der Waals surface area contributed by atoms with E-state index < -0.39 is 0 Å². The third-order valence-electron chi connectivity index (χ3n) is 1.12. The van der Waals surface area contributed by atoms with Gasteiger partial charge in [0.05, 0.1) is 0 Å². The molecule has 1 heterocycles. The Kier molecular flexibility index (Phi) is 3.53. The van der Waals surface area contributed by atoms with Crippen LogP contribution in [0.15, 0.2) is 17.3 Å². The molecule has 2 nitrogen and oxygen atoms in total. The van der Waals surface area contributed by atoms with E-state index in [9.17, 15) is 0 Å². The van der Waals surface area contributed by atoms with Crippen LogP contribution in [-0.4, -0.2) is 16.0 Å². The van der Waals surface area contributed by atoms with Crippen LogP contribution in [0.4, 0.5) is 0 Å².